The highest BCUT2D eigenvalue weighted by molar-refractivity contribution is 5.92. The van der Waals surface area contributed by atoms with Gasteiger partial charge in [0.2, 0.25) is 12.7 Å². The molecule has 2 aromatic carbocycles. The summed E-state index contributed by atoms with van der Waals surface area (Å²) < 4.78 is 34.5. The molecule has 0 spiro atoms. The molecular formula is C20H17FN2O5. The molecule has 1 aliphatic rings. The monoisotopic (exact) mass is 384 g/mol. The summed E-state index contributed by atoms with van der Waals surface area (Å²) in [5.41, 5.74) is 0.919. The molecule has 2 heterocycles. The number of benzene rings is 2. The highest BCUT2D eigenvalue weighted by Crippen LogP contribution is 2.35. The molecule has 0 bridgehead atoms. The minimum Gasteiger partial charge on any atom is -0.484 e. The molecular weight excluding hydrogens is 367 g/mol. The summed E-state index contributed by atoms with van der Waals surface area (Å²) in [6, 6.07) is 10.8. The van der Waals surface area contributed by atoms with Gasteiger partial charge in [0.25, 0.3) is 5.91 Å². The number of rotatable bonds is 6. The number of carbonyl (C=O) groups excluding carboxylic acids is 1. The number of fused-ring (bicyclic) bond motifs is 1. The summed E-state index contributed by atoms with van der Waals surface area (Å²) in [5, 5.41) is 2.79. The number of oxazole rings is 1. The van der Waals surface area contributed by atoms with Gasteiger partial charge in [-0.05, 0) is 36.8 Å². The summed E-state index contributed by atoms with van der Waals surface area (Å²) in [5.74, 6) is 1.38. The number of carbonyl (C=O) groups is 1. The van der Waals surface area contributed by atoms with E-state index in [9.17, 15) is 9.18 Å². The Hall–Kier alpha value is -3.55. The second-order valence-electron chi connectivity index (χ2n) is 6.18. The molecule has 0 saturated heterocycles. The fourth-order valence-electron chi connectivity index (χ4n) is 2.70. The molecule has 28 heavy (non-hydrogen) atoms. The van der Waals surface area contributed by atoms with Gasteiger partial charge >= 0.3 is 0 Å². The lowest BCUT2D eigenvalue weighted by Crippen LogP contribution is -2.27. The van der Waals surface area contributed by atoms with Crippen molar-refractivity contribution in [1.82, 2.24) is 10.3 Å². The van der Waals surface area contributed by atoms with Crippen molar-refractivity contribution in [2.24, 2.45) is 0 Å². The molecule has 4 rings (SSSR count). The Morgan fingerprint density at radius 3 is 2.82 bits per heavy atom. The van der Waals surface area contributed by atoms with E-state index in [2.05, 4.69) is 10.3 Å². The Balaban J connectivity index is 1.34. The Morgan fingerprint density at radius 2 is 2.00 bits per heavy atom. The number of hydrogen-bond donors (Lipinski definition) is 1. The lowest BCUT2D eigenvalue weighted by Gasteiger charge is -2.13. The molecule has 0 saturated carbocycles. The van der Waals surface area contributed by atoms with Crippen LogP contribution in [0.5, 0.6) is 17.2 Å². The largest absolute Gasteiger partial charge is 0.484 e. The molecule has 0 radical (unpaired) electrons. The molecule has 1 aromatic heterocycles. The first-order valence-electron chi connectivity index (χ1n) is 8.61. The molecule has 1 aliphatic heterocycles. The number of nitrogens with zero attached hydrogens (tertiary/aromatic N) is 1. The number of nitrogens with one attached hydrogen (secondary N) is 1. The van der Waals surface area contributed by atoms with Gasteiger partial charge in [0, 0.05) is 6.07 Å². The van der Waals surface area contributed by atoms with Gasteiger partial charge in [-0.2, -0.15) is 0 Å². The van der Waals surface area contributed by atoms with Crippen LogP contribution in [0.15, 0.2) is 53.1 Å². The molecule has 8 heteroatoms. The maximum absolute atomic E-state index is 13.0. The summed E-state index contributed by atoms with van der Waals surface area (Å²) in [6.45, 7) is 2.04. The van der Waals surface area contributed by atoms with Gasteiger partial charge in [-0.3, -0.25) is 4.79 Å². The zero-order valence-corrected chi connectivity index (χ0v) is 15.0. The smallest absolute Gasteiger partial charge is 0.273 e. The van der Waals surface area contributed by atoms with Crippen molar-refractivity contribution in [2.45, 2.75) is 19.6 Å². The number of ether oxygens (including phenoxy) is 3. The molecule has 144 valence electrons. The van der Waals surface area contributed by atoms with Crippen LogP contribution in [0.2, 0.25) is 0 Å². The molecule has 1 amide bonds. The minimum atomic E-state index is -0.394. The van der Waals surface area contributed by atoms with Crippen molar-refractivity contribution < 1.29 is 27.8 Å². The first-order chi connectivity index (χ1) is 13.6. The zero-order chi connectivity index (χ0) is 19.5. The first-order valence-corrected chi connectivity index (χ1v) is 8.61. The minimum absolute atomic E-state index is 0.0560. The van der Waals surface area contributed by atoms with Crippen molar-refractivity contribution in [2.75, 3.05) is 6.79 Å². The predicted octanol–water partition coefficient (Wildman–Crippen LogP) is 3.61. The Labute approximate surface area is 160 Å². The number of hydrogen-bond acceptors (Lipinski definition) is 6. The maximum Gasteiger partial charge on any atom is 0.273 e. The first kappa shape index (κ1) is 17.8. The van der Waals surface area contributed by atoms with Crippen molar-refractivity contribution >= 4 is 5.91 Å². The molecule has 7 nitrogen and oxygen atoms in total. The third-order valence-corrected chi connectivity index (χ3v) is 4.21. The van der Waals surface area contributed by atoms with E-state index in [1.807, 2.05) is 0 Å². The fourth-order valence-corrected chi connectivity index (χ4v) is 2.70. The van der Waals surface area contributed by atoms with Crippen molar-refractivity contribution in [3.05, 3.63) is 71.7 Å². The molecule has 3 aromatic rings. The van der Waals surface area contributed by atoms with E-state index in [-0.39, 0.29) is 36.8 Å². The Bertz CT molecular complexity index is 987. The quantitative estimate of drug-likeness (QED) is 0.699. The summed E-state index contributed by atoms with van der Waals surface area (Å²) in [6.07, 6.45) is 1.27. The van der Waals surface area contributed by atoms with Gasteiger partial charge in [-0.1, -0.05) is 12.1 Å². The van der Waals surface area contributed by atoms with E-state index < -0.39 is 5.91 Å². The third-order valence-electron chi connectivity index (χ3n) is 4.21. The van der Waals surface area contributed by atoms with E-state index in [0.717, 1.165) is 5.56 Å². The van der Waals surface area contributed by atoms with E-state index in [1.54, 1.807) is 37.3 Å². The highest BCUT2D eigenvalue weighted by atomic mass is 19.1. The second-order valence-corrected chi connectivity index (χ2v) is 6.18. The normalized spacial score (nSPS) is 13.2. The van der Waals surface area contributed by atoms with Gasteiger partial charge in [0.1, 0.15) is 17.8 Å². The molecule has 1 atom stereocenters. The van der Waals surface area contributed by atoms with Crippen LogP contribution in [0.1, 0.15) is 34.9 Å². The maximum atomic E-state index is 13.0. The van der Waals surface area contributed by atoms with Crippen LogP contribution in [0.4, 0.5) is 4.39 Å². The lowest BCUT2D eigenvalue weighted by atomic mass is 10.1. The average Bonchev–Trinajstić information content (AvgIpc) is 3.35. The standard InChI is InChI=1S/C20H17FN2O5/c1-12(13-2-4-14(21)5-3-13)22-20(24)16-9-26-19(23-16)10-25-15-6-7-17-18(8-15)28-11-27-17/h2-9,12H,10-11H2,1H3,(H,22,24). The van der Waals surface area contributed by atoms with E-state index in [0.29, 0.717) is 17.2 Å². The van der Waals surface area contributed by atoms with Crippen LogP contribution < -0.4 is 19.5 Å². The number of aromatic nitrogens is 1. The van der Waals surface area contributed by atoms with Crippen LogP contribution in [0.3, 0.4) is 0 Å². The van der Waals surface area contributed by atoms with Crippen LogP contribution in [0, 0.1) is 5.82 Å². The van der Waals surface area contributed by atoms with Crippen molar-refractivity contribution in [1.29, 1.82) is 0 Å². The van der Waals surface area contributed by atoms with Crippen LogP contribution in [-0.4, -0.2) is 17.7 Å². The average molecular weight is 384 g/mol. The van der Waals surface area contributed by atoms with Crippen LogP contribution >= 0.6 is 0 Å². The van der Waals surface area contributed by atoms with Gasteiger partial charge < -0.3 is 23.9 Å². The number of amides is 1. The topological polar surface area (TPSA) is 82.8 Å². The molecule has 0 aliphatic carbocycles. The second kappa shape index (κ2) is 7.59. The van der Waals surface area contributed by atoms with Gasteiger partial charge in [-0.15, -0.1) is 0 Å². The van der Waals surface area contributed by atoms with Gasteiger partial charge in [0.15, 0.2) is 23.8 Å². The van der Waals surface area contributed by atoms with Gasteiger partial charge in [-0.25, -0.2) is 9.37 Å². The predicted molar refractivity (Wildman–Crippen MR) is 95.7 cm³/mol. The Morgan fingerprint density at radius 1 is 1.21 bits per heavy atom. The SMILES string of the molecule is CC(NC(=O)c1coc(COc2ccc3c(c2)OCO3)n1)c1ccc(F)cc1. The highest BCUT2D eigenvalue weighted by Gasteiger charge is 2.17. The molecule has 1 unspecified atom stereocenters. The van der Waals surface area contributed by atoms with Crippen LogP contribution in [0.25, 0.3) is 0 Å². The summed E-state index contributed by atoms with van der Waals surface area (Å²) in [4.78, 5) is 16.5. The third kappa shape index (κ3) is 3.90. The zero-order valence-electron chi connectivity index (χ0n) is 15.0. The van der Waals surface area contributed by atoms with E-state index in [4.69, 9.17) is 18.6 Å². The van der Waals surface area contributed by atoms with E-state index >= 15 is 0 Å². The number of halogens is 1. The van der Waals surface area contributed by atoms with Crippen molar-refractivity contribution in [3.63, 3.8) is 0 Å². The Kier molecular flexibility index (Phi) is 4.84. The van der Waals surface area contributed by atoms with Crippen LogP contribution in [-0.2, 0) is 6.61 Å². The summed E-state index contributed by atoms with van der Waals surface area (Å²) in [7, 11) is 0. The van der Waals surface area contributed by atoms with Crippen molar-refractivity contribution in [3.8, 4) is 17.2 Å². The fraction of sp³-hybridized carbons (Fsp3) is 0.200. The van der Waals surface area contributed by atoms with Gasteiger partial charge in [0.05, 0.1) is 6.04 Å². The molecule has 0 fully saturated rings. The lowest BCUT2D eigenvalue weighted by molar-refractivity contribution is 0.0934. The molecule has 1 N–H and O–H groups in total. The van der Waals surface area contributed by atoms with E-state index in [1.165, 1.54) is 18.4 Å². The summed E-state index contributed by atoms with van der Waals surface area (Å²) >= 11 is 0.